The van der Waals surface area contributed by atoms with Gasteiger partial charge in [-0.05, 0) is 30.4 Å². The molecule has 0 saturated heterocycles. The number of carbonyl (C=O) groups is 1. The summed E-state index contributed by atoms with van der Waals surface area (Å²) in [6.07, 6.45) is 0. The first-order valence-corrected chi connectivity index (χ1v) is 6.94. The number of hydrogen-bond donors (Lipinski definition) is 1. The Kier molecular flexibility index (Phi) is 4.63. The lowest BCUT2D eigenvalue weighted by Crippen LogP contribution is -2.11. The summed E-state index contributed by atoms with van der Waals surface area (Å²) in [7, 11) is 0. The summed E-state index contributed by atoms with van der Waals surface area (Å²) in [5.41, 5.74) is 0.393. The number of carbonyl (C=O) groups excluding carboxylic acids is 1. The SMILES string of the molecule is O=C(Nc1nc(N=C=S)cs1)c1ccc(Cl)c(Cl)c1. The first-order valence-electron chi connectivity index (χ1n) is 4.90. The number of aromatic nitrogens is 1. The average molecular weight is 330 g/mol. The van der Waals surface area contributed by atoms with Gasteiger partial charge in [0.15, 0.2) is 10.9 Å². The quantitative estimate of drug-likeness (QED) is 0.669. The molecule has 8 heteroatoms. The molecule has 0 unspecified atom stereocenters. The summed E-state index contributed by atoms with van der Waals surface area (Å²) >= 11 is 17.3. The fraction of sp³-hybridized carbons (Fsp3) is 0. The number of nitrogens with one attached hydrogen (secondary N) is 1. The zero-order chi connectivity index (χ0) is 13.8. The summed E-state index contributed by atoms with van der Waals surface area (Å²) in [5, 5.41) is 7.62. The normalized spacial score (nSPS) is 9.79. The topological polar surface area (TPSA) is 54.4 Å². The van der Waals surface area contributed by atoms with Crippen LogP contribution in [0.25, 0.3) is 0 Å². The Bertz CT molecular complexity index is 680. The van der Waals surface area contributed by atoms with Crippen molar-refractivity contribution in [3.63, 3.8) is 0 Å². The smallest absolute Gasteiger partial charge is 0.257 e. The van der Waals surface area contributed by atoms with Crippen LogP contribution in [-0.4, -0.2) is 16.1 Å². The van der Waals surface area contributed by atoms with Gasteiger partial charge >= 0.3 is 0 Å². The number of nitrogens with zero attached hydrogens (tertiary/aromatic N) is 2. The maximum absolute atomic E-state index is 11.9. The van der Waals surface area contributed by atoms with E-state index in [9.17, 15) is 4.79 Å². The minimum absolute atomic E-state index is 0.319. The highest BCUT2D eigenvalue weighted by atomic mass is 35.5. The van der Waals surface area contributed by atoms with Crippen LogP contribution in [0.2, 0.25) is 10.0 Å². The van der Waals surface area contributed by atoms with Gasteiger partial charge in [-0.3, -0.25) is 10.1 Å². The summed E-state index contributed by atoms with van der Waals surface area (Å²) in [4.78, 5) is 19.7. The molecule has 0 spiro atoms. The third-order valence-corrected chi connectivity index (χ3v) is 3.63. The van der Waals surface area contributed by atoms with Gasteiger partial charge in [-0.15, -0.1) is 11.3 Å². The van der Waals surface area contributed by atoms with Crippen LogP contribution >= 0.6 is 46.8 Å². The van der Waals surface area contributed by atoms with Crippen LogP contribution in [0.1, 0.15) is 10.4 Å². The second-order valence-corrected chi connectivity index (χ2v) is 5.15. The van der Waals surface area contributed by atoms with Crippen molar-refractivity contribution < 1.29 is 4.79 Å². The molecule has 2 aromatic rings. The molecule has 0 saturated carbocycles. The lowest BCUT2D eigenvalue weighted by Gasteiger charge is -2.02. The Hall–Kier alpha value is -1.30. The first kappa shape index (κ1) is 14.1. The summed E-state index contributed by atoms with van der Waals surface area (Å²) in [5.74, 6) is 0.0789. The molecule has 1 aromatic heterocycles. The molecule has 96 valence electrons. The number of halogens is 2. The van der Waals surface area contributed by atoms with Gasteiger partial charge in [0, 0.05) is 10.9 Å². The van der Waals surface area contributed by atoms with E-state index in [2.05, 4.69) is 32.7 Å². The van der Waals surface area contributed by atoms with E-state index in [0.29, 0.717) is 26.6 Å². The Labute approximate surface area is 128 Å². The monoisotopic (exact) mass is 329 g/mol. The van der Waals surface area contributed by atoms with E-state index in [-0.39, 0.29) is 5.91 Å². The third kappa shape index (κ3) is 3.59. The standard InChI is InChI=1S/C11H5Cl2N3OS2/c12-7-2-1-6(3-8(7)13)10(17)16-11-15-9(4-19-11)14-5-18/h1-4H,(H,15,16,17). The Morgan fingerprint density at radius 2 is 2.21 bits per heavy atom. The van der Waals surface area contributed by atoms with E-state index in [1.165, 1.54) is 17.4 Å². The van der Waals surface area contributed by atoms with Gasteiger partial charge in [0.2, 0.25) is 0 Å². The molecule has 4 nitrogen and oxygen atoms in total. The molecule has 1 heterocycles. The Morgan fingerprint density at radius 3 is 2.89 bits per heavy atom. The number of amides is 1. The molecule has 0 bridgehead atoms. The van der Waals surface area contributed by atoms with Crippen LogP contribution in [-0.2, 0) is 0 Å². The van der Waals surface area contributed by atoms with Crippen LogP contribution in [0, 0.1) is 0 Å². The van der Waals surface area contributed by atoms with Gasteiger partial charge < -0.3 is 0 Å². The molecule has 0 radical (unpaired) electrons. The number of benzene rings is 1. The van der Waals surface area contributed by atoms with Gasteiger partial charge in [0.25, 0.3) is 5.91 Å². The van der Waals surface area contributed by atoms with Crippen LogP contribution in [0.4, 0.5) is 10.9 Å². The number of thiocarbonyl (C=S) groups is 1. The van der Waals surface area contributed by atoms with Crippen molar-refractivity contribution in [3.05, 3.63) is 39.2 Å². The fourth-order valence-corrected chi connectivity index (χ4v) is 2.24. The highest BCUT2D eigenvalue weighted by Gasteiger charge is 2.10. The average Bonchev–Trinajstić information content (AvgIpc) is 2.80. The predicted molar refractivity (Wildman–Crippen MR) is 81.2 cm³/mol. The van der Waals surface area contributed by atoms with Crippen molar-refractivity contribution in [2.24, 2.45) is 4.99 Å². The minimum Gasteiger partial charge on any atom is -0.298 e. The molecule has 0 aliphatic carbocycles. The van der Waals surface area contributed by atoms with Gasteiger partial charge in [-0.1, -0.05) is 23.2 Å². The molecular weight excluding hydrogens is 325 g/mol. The lowest BCUT2D eigenvalue weighted by molar-refractivity contribution is 0.102. The Morgan fingerprint density at radius 1 is 1.42 bits per heavy atom. The molecule has 19 heavy (non-hydrogen) atoms. The maximum atomic E-state index is 11.9. The number of isothiocyanates is 1. The van der Waals surface area contributed by atoms with Crippen LogP contribution < -0.4 is 5.32 Å². The van der Waals surface area contributed by atoms with E-state index in [0.717, 1.165) is 0 Å². The second kappa shape index (κ2) is 6.23. The van der Waals surface area contributed by atoms with Crippen molar-refractivity contribution in [1.82, 2.24) is 4.98 Å². The van der Waals surface area contributed by atoms with Gasteiger partial charge in [0.1, 0.15) is 0 Å². The molecule has 1 aromatic carbocycles. The van der Waals surface area contributed by atoms with Crippen molar-refractivity contribution in [3.8, 4) is 0 Å². The highest BCUT2D eigenvalue weighted by molar-refractivity contribution is 7.78. The van der Waals surface area contributed by atoms with Crippen molar-refractivity contribution >= 4 is 68.8 Å². The summed E-state index contributed by atoms with van der Waals surface area (Å²) in [6.45, 7) is 0. The zero-order valence-electron chi connectivity index (χ0n) is 9.18. The second-order valence-electron chi connectivity index (χ2n) is 3.30. The lowest BCUT2D eigenvalue weighted by atomic mass is 10.2. The minimum atomic E-state index is -0.328. The Balaban J connectivity index is 2.15. The number of hydrogen-bond acceptors (Lipinski definition) is 5. The maximum Gasteiger partial charge on any atom is 0.257 e. The molecule has 2 rings (SSSR count). The zero-order valence-corrected chi connectivity index (χ0v) is 12.3. The van der Waals surface area contributed by atoms with Crippen molar-refractivity contribution in [2.45, 2.75) is 0 Å². The van der Waals surface area contributed by atoms with Crippen LogP contribution in [0.15, 0.2) is 28.6 Å². The molecule has 0 fully saturated rings. The molecule has 0 atom stereocenters. The largest absolute Gasteiger partial charge is 0.298 e. The van der Waals surface area contributed by atoms with E-state index >= 15 is 0 Å². The third-order valence-electron chi connectivity index (χ3n) is 2.05. The van der Waals surface area contributed by atoms with Crippen LogP contribution in [0.5, 0.6) is 0 Å². The number of rotatable bonds is 3. The molecule has 1 amide bonds. The number of aliphatic imine (C=N–C) groups is 1. The van der Waals surface area contributed by atoms with Gasteiger partial charge in [0.05, 0.1) is 15.2 Å². The van der Waals surface area contributed by atoms with E-state index in [1.807, 2.05) is 0 Å². The van der Waals surface area contributed by atoms with E-state index in [4.69, 9.17) is 23.2 Å². The molecule has 1 N–H and O–H groups in total. The number of thiazole rings is 1. The highest BCUT2D eigenvalue weighted by Crippen LogP contribution is 2.24. The first-order chi connectivity index (χ1) is 9.10. The predicted octanol–water partition coefficient (Wildman–Crippen LogP) is 4.44. The summed E-state index contributed by atoms with van der Waals surface area (Å²) < 4.78 is 0. The number of anilines is 1. The molecule has 0 aliphatic heterocycles. The van der Waals surface area contributed by atoms with Crippen molar-refractivity contribution in [1.29, 1.82) is 0 Å². The van der Waals surface area contributed by atoms with Crippen LogP contribution in [0.3, 0.4) is 0 Å². The molecule has 0 aliphatic rings. The molecular formula is C11H5Cl2N3OS2. The van der Waals surface area contributed by atoms with Gasteiger partial charge in [-0.2, -0.15) is 9.98 Å². The van der Waals surface area contributed by atoms with Crippen molar-refractivity contribution in [2.75, 3.05) is 5.32 Å². The fourth-order valence-electron chi connectivity index (χ4n) is 1.23. The van der Waals surface area contributed by atoms with E-state index < -0.39 is 0 Å². The van der Waals surface area contributed by atoms with Gasteiger partial charge in [-0.25, -0.2) is 0 Å². The van der Waals surface area contributed by atoms with E-state index in [1.54, 1.807) is 17.5 Å². The summed E-state index contributed by atoms with van der Waals surface area (Å²) in [6, 6.07) is 4.62.